The zero-order chi connectivity index (χ0) is 17.8. The first-order valence-corrected chi connectivity index (χ1v) is 8.73. The number of nitrogens with zero attached hydrogens (tertiary/aromatic N) is 3. The summed E-state index contributed by atoms with van der Waals surface area (Å²) >= 11 is 1.21. The molecule has 0 aliphatic rings. The Kier molecular flexibility index (Phi) is 5.04. The third-order valence-electron chi connectivity index (χ3n) is 3.71. The fourth-order valence-corrected chi connectivity index (χ4v) is 3.04. The summed E-state index contributed by atoms with van der Waals surface area (Å²) < 4.78 is 5.28. The summed E-state index contributed by atoms with van der Waals surface area (Å²) in [6, 6.07) is 12.9. The van der Waals surface area contributed by atoms with Crippen LogP contribution in [0.25, 0.3) is 11.3 Å². The van der Waals surface area contributed by atoms with Gasteiger partial charge in [0, 0.05) is 11.6 Å². The van der Waals surface area contributed by atoms with Crippen molar-refractivity contribution in [2.45, 2.75) is 26.8 Å². The Morgan fingerprint density at radius 2 is 1.96 bits per heavy atom. The number of hydrogen-bond donors (Lipinski definition) is 1. The van der Waals surface area contributed by atoms with Crippen molar-refractivity contribution in [1.82, 2.24) is 14.2 Å². The SMILES string of the molecule is CCc1ccc(-c2ccc(=O)n(CC(=O)Nc3cc(C)ns3)n2)cc1. The second-order valence-electron chi connectivity index (χ2n) is 5.65. The van der Waals surface area contributed by atoms with E-state index in [0.29, 0.717) is 10.7 Å². The molecule has 3 aromatic rings. The standard InChI is InChI=1S/C18H18N4O2S/c1-3-13-4-6-14(7-5-13)15-8-9-18(24)22(20-15)11-16(23)19-17-10-12(2)21-25-17/h4-10H,3,11H2,1-2H3,(H,19,23). The predicted octanol–water partition coefficient (Wildman–Crippen LogP) is 2.88. The van der Waals surface area contributed by atoms with Gasteiger partial charge >= 0.3 is 0 Å². The minimum Gasteiger partial charge on any atom is -0.315 e. The molecule has 25 heavy (non-hydrogen) atoms. The molecule has 128 valence electrons. The van der Waals surface area contributed by atoms with E-state index in [1.54, 1.807) is 12.1 Å². The molecule has 0 atom stereocenters. The number of carbonyl (C=O) groups is 1. The number of aryl methyl sites for hydroxylation is 2. The maximum atomic E-state index is 12.1. The summed E-state index contributed by atoms with van der Waals surface area (Å²) in [5, 5.41) is 7.70. The molecule has 2 heterocycles. The molecule has 0 saturated heterocycles. The smallest absolute Gasteiger partial charge is 0.267 e. The average molecular weight is 354 g/mol. The van der Waals surface area contributed by atoms with Crippen LogP contribution in [0.15, 0.2) is 47.3 Å². The molecule has 0 fully saturated rings. The van der Waals surface area contributed by atoms with Gasteiger partial charge in [-0.2, -0.15) is 9.47 Å². The van der Waals surface area contributed by atoms with Crippen molar-refractivity contribution in [3.8, 4) is 11.3 Å². The molecule has 3 rings (SSSR count). The number of amides is 1. The fraction of sp³-hybridized carbons (Fsp3) is 0.222. The lowest BCUT2D eigenvalue weighted by Gasteiger charge is -2.07. The second-order valence-corrected chi connectivity index (χ2v) is 6.45. The third kappa shape index (κ3) is 4.19. The van der Waals surface area contributed by atoms with Crippen LogP contribution >= 0.6 is 11.5 Å². The van der Waals surface area contributed by atoms with Crippen molar-refractivity contribution in [2.24, 2.45) is 0 Å². The molecule has 0 aliphatic carbocycles. The topological polar surface area (TPSA) is 76.9 Å². The van der Waals surface area contributed by atoms with Gasteiger partial charge in [-0.05, 0) is 42.6 Å². The molecule has 0 spiro atoms. The van der Waals surface area contributed by atoms with Crippen molar-refractivity contribution in [2.75, 3.05) is 5.32 Å². The lowest BCUT2D eigenvalue weighted by molar-refractivity contribution is -0.116. The van der Waals surface area contributed by atoms with Gasteiger partial charge in [0.15, 0.2) is 0 Å². The number of carbonyl (C=O) groups excluding carboxylic acids is 1. The summed E-state index contributed by atoms with van der Waals surface area (Å²) in [7, 11) is 0. The number of anilines is 1. The Bertz CT molecular complexity index is 944. The molecular weight excluding hydrogens is 336 g/mol. The monoisotopic (exact) mass is 354 g/mol. The quantitative estimate of drug-likeness (QED) is 0.764. The zero-order valence-corrected chi connectivity index (χ0v) is 14.8. The number of nitrogens with one attached hydrogen (secondary N) is 1. The molecule has 1 amide bonds. The van der Waals surface area contributed by atoms with Crippen LogP contribution in [0.5, 0.6) is 0 Å². The Hall–Kier alpha value is -2.80. The van der Waals surface area contributed by atoms with Gasteiger partial charge in [-0.1, -0.05) is 31.2 Å². The highest BCUT2D eigenvalue weighted by atomic mass is 32.1. The molecule has 0 aliphatic heterocycles. The summed E-state index contributed by atoms with van der Waals surface area (Å²) in [6.45, 7) is 3.80. The van der Waals surface area contributed by atoms with Crippen molar-refractivity contribution in [1.29, 1.82) is 0 Å². The van der Waals surface area contributed by atoms with Crippen molar-refractivity contribution in [3.63, 3.8) is 0 Å². The van der Waals surface area contributed by atoms with Crippen molar-refractivity contribution >= 4 is 22.4 Å². The van der Waals surface area contributed by atoms with Gasteiger partial charge in [-0.25, -0.2) is 4.68 Å². The van der Waals surface area contributed by atoms with E-state index in [-0.39, 0.29) is 18.0 Å². The van der Waals surface area contributed by atoms with Crippen LogP contribution in [0.3, 0.4) is 0 Å². The first kappa shape index (κ1) is 17.0. The van der Waals surface area contributed by atoms with E-state index in [0.717, 1.165) is 17.7 Å². The predicted molar refractivity (Wildman–Crippen MR) is 98.8 cm³/mol. The van der Waals surface area contributed by atoms with E-state index in [2.05, 4.69) is 21.7 Å². The highest BCUT2D eigenvalue weighted by Gasteiger charge is 2.09. The van der Waals surface area contributed by atoms with Gasteiger partial charge in [0.25, 0.3) is 5.56 Å². The first-order valence-electron chi connectivity index (χ1n) is 7.96. The van der Waals surface area contributed by atoms with E-state index in [9.17, 15) is 9.59 Å². The maximum Gasteiger partial charge on any atom is 0.267 e. The summed E-state index contributed by atoms with van der Waals surface area (Å²) in [6.07, 6.45) is 0.963. The average Bonchev–Trinajstić information content (AvgIpc) is 3.01. The van der Waals surface area contributed by atoms with E-state index < -0.39 is 0 Å². The summed E-state index contributed by atoms with van der Waals surface area (Å²) in [5.41, 5.74) is 3.32. The molecule has 7 heteroatoms. The van der Waals surface area contributed by atoms with E-state index in [4.69, 9.17) is 0 Å². The molecule has 0 unspecified atom stereocenters. The number of hydrogen-bond acceptors (Lipinski definition) is 5. The molecule has 6 nitrogen and oxygen atoms in total. The normalized spacial score (nSPS) is 10.6. The van der Waals surface area contributed by atoms with Gasteiger partial charge in [0.05, 0.1) is 11.4 Å². The maximum absolute atomic E-state index is 12.1. The minimum absolute atomic E-state index is 0.142. The van der Waals surface area contributed by atoms with E-state index >= 15 is 0 Å². The fourth-order valence-electron chi connectivity index (χ4n) is 2.36. The number of rotatable bonds is 5. The van der Waals surface area contributed by atoms with Crippen LogP contribution in [-0.2, 0) is 17.8 Å². The van der Waals surface area contributed by atoms with Gasteiger partial charge in [-0.15, -0.1) is 0 Å². The van der Waals surface area contributed by atoms with Gasteiger partial charge in [-0.3, -0.25) is 9.59 Å². The first-order chi connectivity index (χ1) is 12.0. The Morgan fingerprint density at radius 1 is 1.20 bits per heavy atom. The molecule has 0 saturated carbocycles. The van der Waals surface area contributed by atoms with Crippen molar-refractivity contribution < 1.29 is 4.79 Å². The highest BCUT2D eigenvalue weighted by molar-refractivity contribution is 7.10. The van der Waals surface area contributed by atoms with Crippen LogP contribution in [0.4, 0.5) is 5.00 Å². The molecule has 0 radical (unpaired) electrons. The van der Waals surface area contributed by atoms with Crippen LogP contribution in [0.1, 0.15) is 18.2 Å². The second kappa shape index (κ2) is 7.40. The Labute approximate surface area is 149 Å². The lowest BCUT2D eigenvalue weighted by Crippen LogP contribution is -2.29. The minimum atomic E-state index is -0.315. The molecule has 2 aromatic heterocycles. The molecule has 1 N–H and O–H groups in total. The molecular formula is C18H18N4O2S. The van der Waals surface area contributed by atoms with Crippen molar-refractivity contribution in [3.05, 3.63) is 64.1 Å². The van der Waals surface area contributed by atoms with Crippen LogP contribution in [0, 0.1) is 6.92 Å². The number of benzene rings is 1. The van der Waals surface area contributed by atoms with Gasteiger partial charge < -0.3 is 5.32 Å². The largest absolute Gasteiger partial charge is 0.315 e. The van der Waals surface area contributed by atoms with Gasteiger partial charge in [0.2, 0.25) is 5.91 Å². The lowest BCUT2D eigenvalue weighted by atomic mass is 10.1. The van der Waals surface area contributed by atoms with Crippen LogP contribution in [0.2, 0.25) is 0 Å². The zero-order valence-electron chi connectivity index (χ0n) is 14.0. The van der Waals surface area contributed by atoms with E-state index in [1.807, 2.05) is 31.2 Å². The van der Waals surface area contributed by atoms with Crippen LogP contribution < -0.4 is 10.9 Å². The molecule has 0 bridgehead atoms. The van der Waals surface area contributed by atoms with Gasteiger partial charge in [0.1, 0.15) is 11.5 Å². The number of aromatic nitrogens is 3. The molecule has 1 aromatic carbocycles. The summed E-state index contributed by atoms with van der Waals surface area (Å²) in [4.78, 5) is 24.1. The van der Waals surface area contributed by atoms with E-state index in [1.165, 1.54) is 27.8 Å². The third-order valence-corrected chi connectivity index (χ3v) is 4.50. The highest BCUT2D eigenvalue weighted by Crippen LogP contribution is 2.17. The van der Waals surface area contributed by atoms with Crippen LogP contribution in [-0.4, -0.2) is 20.1 Å². The summed E-state index contributed by atoms with van der Waals surface area (Å²) in [5.74, 6) is -0.309. The Morgan fingerprint density at radius 3 is 2.60 bits per heavy atom. The Balaban J connectivity index is 1.79.